The van der Waals surface area contributed by atoms with Gasteiger partial charge in [0.2, 0.25) is 0 Å². The monoisotopic (exact) mass is 234 g/mol. The van der Waals surface area contributed by atoms with Gasteiger partial charge >= 0.3 is 0 Å². The maximum atomic E-state index is 5.69. The van der Waals surface area contributed by atoms with Gasteiger partial charge in [-0.25, -0.2) is 4.98 Å². The van der Waals surface area contributed by atoms with E-state index in [1.54, 1.807) is 12.5 Å². The Balaban J connectivity index is 1.95. The summed E-state index contributed by atoms with van der Waals surface area (Å²) in [7, 11) is 0. The molecule has 0 unspecified atom stereocenters. The Morgan fingerprint density at radius 3 is 3.00 bits per heavy atom. The molecule has 0 bridgehead atoms. The first-order valence-corrected chi connectivity index (χ1v) is 6.01. The van der Waals surface area contributed by atoms with Crippen molar-refractivity contribution in [2.24, 2.45) is 0 Å². The van der Waals surface area contributed by atoms with E-state index in [1.807, 2.05) is 13.0 Å². The predicted molar refractivity (Wildman–Crippen MR) is 65.8 cm³/mol. The minimum Gasteiger partial charge on any atom is -0.469 e. The molecule has 4 heteroatoms. The molecule has 2 aromatic heterocycles. The molecular formula is C13H18N2O2. The van der Waals surface area contributed by atoms with Gasteiger partial charge in [0.1, 0.15) is 5.76 Å². The first-order valence-electron chi connectivity index (χ1n) is 6.01. The average Bonchev–Trinajstić information content (AvgIpc) is 2.93. The lowest BCUT2D eigenvalue weighted by Gasteiger charge is -1.98. The van der Waals surface area contributed by atoms with Gasteiger partial charge < -0.3 is 14.2 Å². The van der Waals surface area contributed by atoms with E-state index in [9.17, 15) is 0 Å². The fourth-order valence-electron chi connectivity index (χ4n) is 1.73. The van der Waals surface area contributed by atoms with Crippen molar-refractivity contribution >= 4 is 0 Å². The SMILES string of the molecule is CCNCCCc1ncc(-c2ccoc2C)o1. The maximum Gasteiger partial charge on any atom is 0.194 e. The second kappa shape index (κ2) is 5.68. The Labute approximate surface area is 101 Å². The zero-order chi connectivity index (χ0) is 12.1. The highest BCUT2D eigenvalue weighted by atomic mass is 16.4. The minimum absolute atomic E-state index is 0.787. The highest BCUT2D eigenvalue weighted by molar-refractivity contribution is 5.58. The van der Waals surface area contributed by atoms with Crippen LogP contribution in [0.2, 0.25) is 0 Å². The van der Waals surface area contributed by atoms with Gasteiger partial charge in [-0.3, -0.25) is 0 Å². The molecule has 0 saturated carbocycles. The fourth-order valence-corrected chi connectivity index (χ4v) is 1.73. The summed E-state index contributed by atoms with van der Waals surface area (Å²) in [5, 5.41) is 3.28. The number of rotatable bonds is 6. The van der Waals surface area contributed by atoms with Gasteiger partial charge in [0.25, 0.3) is 0 Å². The first-order chi connectivity index (χ1) is 8.31. The molecular weight excluding hydrogens is 216 g/mol. The Hall–Kier alpha value is -1.55. The topological polar surface area (TPSA) is 51.2 Å². The number of nitrogens with zero attached hydrogens (tertiary/aromatic N) is 1. The van der Waals surface area contributed by atoms with Crippen molar-refractivity contribution in [2.45, 2.75) is 26.7 Å². The zero-order valence-electron chi connectivity index (χ0n) is 10.3. The van der Waals surface area contributed by atoms with Crippen molar-refractivity contribution in [1.29, 1.82) is 0 Å². The van der Waals surface area contributed by atoms with E-state index >= 15 is 0 Å². The van der Waals surface area contributed by atoms with Crippen molar-refractivity contribution in [1.82, 2.24) is 10.3 Å². The summed E-state index contributed by atoms with van der Waals surface area (Å²) in [6.45, 7) is 6.03. The van der Waals surface area contributed by atoms with Crippen LogP contribution in [-0.4, -0.2) is 18.1 Å². The molecule has 92 valence electrons. The molecule has 0 fully saturated rings. The summed E-state index contributed by atoms with van der Waals surface area (Å²) in [5.41, 5.74) is 0.982. The molecule has 2 heterocycles. The van der Waals surface area contributed by atoms with E-state index in [1.165, 1.54) is 0 Å². The van der Waals surface area contributed by atoms with Crippen LogP contribution in [0.4, 0.5) is 0 Å². The molecule has 0 atom stereocenters. The molecule has 0 amide bonds. The number of hydrogen-bond donors (Lipinski definition) is 1. The van der Waals surface area contributed by atoms with Crippen LogP contribution >= 0.6 is 0 Å². The molecule has 0 aliphatic rings. The van der Waals surface area contributed by atoms with Gasteiger partial charge in [-0.1, -0.05) is 6.92 Å². The van der Waals surface area contributed by atoms with Gasteiger partial charge in [0.05, 0.1) is 18.0 Å². The van der Waals surface area contributed by atoms with Crippen LogP contribution in [0.25, 0.3) is 11.3 Å². The summed E-state index contributed by atoms with van der Waals surface area (Å²) in [6, 6.07) is 1.90. The molecule has 0 aromatic carbocycles. The van der Waals surface area contributed by atoms with Crippen LogP contribution < -0.4 is 5.32 Å². The Morgan fingerprint density at radius 1 is 1.41 bits per heavy atom. The van der Waals surface area contributed by atoms with Crippen LogP contribution in [0.3, 0.4) is 0 Å². The standard InChI is InChI=1S/C13H18N2O2/c1-3-14-7-4-5-13-15-9-12(17-13)11-6-8-16-10(11)2/h6,8-9,14H,3-5,7H2,1-2H3. The van der Waals surface area contributed by atoms with Crippen molar-refractivity contribution < 1.29 is 8.83 Å². The summed E-state index contributed by atoms with van der Waals surface area (Å²) >= 11 is 0. The van der Waals surface area contributed by atoms with E-state index in [-0.39, 0.29) is 0 Å². The van der Waals surface area contributed by atoms with E-state index in [0.29, 0.717) is 0 Å². The highest BCUT2D eigenvalue weighted by Gasteiger charge is 2.10. The largest absolute Gasteiger partial charge is 0.469 e. The minimum atomic E-state index is 0.787. The third-order valence-electron chi connectivity index (χ3n) is 2.67. The van der Waals surface area contributed by atoms with Crippen LogP contribution in [0.15, 0.2) is 27.4 Å². The molecule has 0 saturated heterocycles. The van der Waals surface area contributed by atoms with Crippen molar-refractivity contribution in [3.63, 3.8) is 0 Å². The van der Waals surface area contributed by atoms with Gasteiger partial charge in [-0.05, 0) is 32.5 Å². The van der Waals surface area contributed by atoms with E-state index < -0.39 is 0 Å². The highest BCUT2D eigenvalue weighted by Crippen LogP contribution is 2.25. The molecule has 2 aromatic rings. The van der Waals surface area contributed by atoms with Crippen molar-refractivity contribution in [3.8, 4) is 11.3 Å². The molecule has 0 aliphatic heterocycles. The molecule has 2 rings (SSSR count). The van der Waals surface area contributed by atoms with E-state index in [0.717, 1.165) is 48.9 Å². The molecule has 0 radical (unpaired) electrons. The normalized spacial score (nSPS) is 10.9. The Morgan fingerprint density at radius 2 is 2.29 bits per heavy atom. The first kappa shape index (κ1) is 11.9. The lowest BCUT2D eigenvalue weighted by molar-refractivity contribution is 0.490. The summed E-state index contributed by atoms with van der Waals surface area (Å²) < 4.78 is 10.9. The molecule has 0 aliphatic carbocycles. The number of nitrogens with one attached hydrogen (secondary N) is 1. The van der Waals surface area contributed by atoms with Gasteiger partial charge in [-0.2, -0.15) is 0 Å². The quantitative estimate of drug-likeness (QED) is 0.781. The third-order valence-corrected chi connectivity index (χ3v) is 2.67. The Kier molecular flexibility index (Phi) is 3.98. The van der Waals surface area contributed by atoms with Crippen LogP contribution in [0.1, 0.15) is 25.0 Å². The molecule has 4 nitrogen and oxygen atoms in total. The number of oxazole rings is 1. The molecule has 1 N–H and O–H groups in total. The zero-order valence-corrected chi connectivity index (χ0v) is 10.3. The van der Waals surface area contributed by atoms with Gasteiger partial charge in [0, 0.05) is 6.42 Å². The second-order valence-electron chi connectivity index (χ2n) is 3.97. The third kappa shape index (κ3) is 2.97. The Bertz CT molecular complexity index is 459. The lowest BCUT2D eigenvalue weighted by Crippen LogP contribution is -2.14. The smallest absolute Gasteiger partial charge is 0.194 e. The van der Waals surface area contributed by atoms with Crippen molar-refractivity contribution in [2.75, 3.05) is 13.1 Å². The average molecular weight is 234 g/mol. The number of hydrogen-bond acceptors (Lipinski definition) is 4. The molecule has 17 heavy (non-hydrogen) atoms. The molecule has 0 spiro atoms. The second-order valence-corrected chi connectivity index (χ2v) is 3.97. The fraction of sp³-hybridized carbons (Fsp3) is 0.462. The van der Waals surface area contributed by atoms with E-state index in [4.69, 9.17) is 8.83 Å². The number of aromatic nitrogens is 1. The van der Waals surface area contributed by atoms with E-state index in [2.05, 4.69) is 17.2 Å². The van der Waals surface area contributed by atoms with Gasteiger partial charge in [0.15, 0.2) is 11.7 Å². The van der Waals surface area contributed by atoms with Crippen LogP contribution in [-0.2, 0) is 6.42 Å². The van der Waals surface area contributed by atoms with Gasteiger partial charge in [-0.15, -0.1) is 0 Å². The number of furan rings is 1. The summed E-state index contributed by atoms with van der Waals surface area (Å²) in [5.74, 6) is 2.44. The van der Waals surface area contributed by atoms with Crippen LogP contribution in [0, 0.1) is 6.92 Å². The summed E-state index contributed by atoms with van der Waals surface area (Å²) in [6.07, 6.45) is 5.33. The number of aryl methyl sites for hydroxylation is 2. The summed E-state index contributed by atoms with van der Waals surface area (Å²) in [4.78, 5) is 4.27. The maximum absolute atomic E-state index is 5.69. The lowest BCUT2D eigenvalue weighted by atomic mass is 10.2. The predicted octanol–water partition coefficient (Wildman–Crippen LogP) is 2.79. The van der Waals surface area contributed by atoms with Crippen LogP contribution in [0.5, 0.6) is 0 Å². The van der Waals surface area contributed by atoms with Crippen molar-refractivity contribution in [3.05, 3.63) is 30.2 Å².